The smallest absolute Gasteiger partial charge is 0.252 e. The van der Waals surface area contributed by atoms with Crippen molar-refractivity contribution in [2.24, 2.45) is 0 Å². The molecule has 0 aliphatic rings. The first-order valence-electron chi connectivity index (χ1n) is 8.24. The number of aryl methyl sites for hydroxylation is 1. The van der Waals surface area contributed by atoms with Gasteiger partial charge in [-0.15, -0.1) is 0 Å². The van der Waals surface area contributed by atoms with E-state index in [1.807, 2.05) is 85.8 Å². The quantitative estimate of drug-likeness (QED) is 0.746. The minimum Gasteiger partial charge on any atom is -0.497 e. The summed E-state index contributed by atoms with van der Waals surface area (Å²) >= 11 is 0. The standard InChI is InChI=1S/C22H21NO2/c1-16-8-6-7-11-20(16)22(24)23-21(17-9-4-3-5-10-17)18-12-14-19(25-2)15-13-18/h3-15,21H,1-2H3,(H,23,24)/t21-/m1/s1. The van der Waals surface area contributed by atoms with Gasteiger partial charge in [-0.25, -0.2) is 0 Å². The first-order valence-corrected chi connectivity index (χ1v) is 8.24. The first-order chi connectivity index (χ1) is 12.2. The van der Waals surface area contributed by atoms with Crippen LogP contribution < -0.4 is 10.1 Å². The Balaban J connectivity index is 1.94. The fourth-order valence-corrected chi connectivity index (χ4v) is 2.84. The highest BCUT2D eigenvalue weighted by Gasteiger charge is 2.18. The van der Waals surface area contributed by atoms with Crippen molar-refractivity contribution in [3.63, 3.8) is 0 Å². The van der Waals surface area contributed by atoms with E-state index in [1.165, 1.54) is 0 Å². The summed E-state index contributed by atoms with van der Waals surface area (Å²) in [6.45, 7) is 1.94. The van der Waals surface area contributed by atoms with Crippen LogP contribution in [0.3, 0.4) is 0 Å². The number of carbonyl (C=O) groups is 1. The van der Waals surface area contributed by atoms with Gasteiger partial charge in [0.15, 0.2) is 0 Å². The zero-order valence-electron chi connectivity index (χ0n) is 14.4. The van der Waals surface area contributed by atoms with E-state index in [2.05, 4.69) is 5.32 Å². The van der Waals surface area contributed by atoms with E-state index in [4.69, 9.17) is 4.74 Å². The third-order valence-corrected chi connectivity index (χ3v) is 4.25. The number of carbonyl (C=O) groups excluding carboxylic acids is 1. The van der Waals surface area contributed by atoms with Crippen LogP contribution >= 0.6 is 0 Å². The van der Waals surface area contributed by atoms with Crippen LogP contribution in [0.25, 0.3) is 0 Å². The number of ether oxygens (including phenoxy) is 1. The molecule has 0 aliphatic carbocycles. The van der Waals surface area contributed by atoms with Gasteiger partial charge in [-0.3, -0.25) is 4.79 Å². The second-order valence-electron chi connectivity index (χ2n) is 5.91. The maximum absolute atomic E-state index is 12.8. The number of nitrogens with one attached hydrogen (secondary N) is 1. The molecule has 0 fully saturated rings. The lowest BCUT2D eigenvalue weighted by Gasteiger charge is -2.21. The van der Waals surface area contributed by atoms with Gasteiger partial charge in [-0.2, -0.15) is 0 Å². The van der Waals surface area contributed by atoms with Crippen molar-refractivity contribution in [1.82, 2.24) is 5.32 Å². The SMILES string of the molecule is COc1ccc([C@H](NC(=O)c2ccccc2C)c2ccccc2)cc1. The van der Waals surface area contributed by atoms with Crippen LogP contribution in [-0.2, 0) is 0 Å². The summed E-state index contributed by atoms with van der Waals surface area (Å²) < 4.78 is 5.23. The number of hydrogen-bond donors (Lipinski definition) is 1. The van der Waals surface area contributed by atoms with Crippen LogP contribution in [0.1, 0.15) is 33.1 Å². The molecule has 0 heterocycles. The number of benzene rings is 3. The monoisotopic (exact) mass is 331 g/mol. The van der Waals surface area contributed by atoms with Crippen LogP contribution in [0, 0.1) is 6.92 Å². The Morgan fingerprint density at radius 2 is 1.44 bits per heavy atom. The van der Waals surface area contributed by atoms with Gasteiger partial charge in [-0.05, 0) is 41.8 Å². The molecule has 0 bridgehead atoms. The zero-order valence-corrected chi connectivity index (χ0v) is 14.4. The van der Waals surface area contributed by atoms with Crippen molar-refractivity contribution < 1.29 is 9.53 Å². The van der Waals surface area contributed by atoms with E-state index in [-0.39, 0.29) is 11.9 Å². The first kappa shape index (κ1) is 16.8. The highest BCUT2D eigenvalue weighted by Crippen LogP contribution is 2.25. The van der Waals surface area contributed by atoms with Crippen molar-refractivity contribution >= 4 is 5.91 Å². The minimum atomic E-state index is -0.223. The second kappa shape index (κ2) is 7.67. The van der Waals surface area contributed by atoms with E-state index in [9.17, 15) is 4.79 Å². The minimum absolute atomic E-state index is 0.0808. The molecule has 1 atom stereocenters. The Morgan fingerprint density at radius 1 is 0.840 bits per heavy atom. The Morgan fingerprint density at radius 3 is 2.08 bits per heavy atom. The van der Waals surface area contributed by atoms with Gasteiger partial charge >= 0.3 is 0 Å². The molecule has 3 aromatic carbocycles. The maximum Gasteiger partial charge on any atom is 0.252 e. The highest BCUT2D eigenvalue weighted by atomic mass is 16.5. The highest BCUT2D eigenvalue weighted by molar-refractivity contribution is 5.96. The largest absolute Gasteiger partial charge is 0.497 e. The molecule has 126 valence electrons. The van der Waals surface area contributed by atoms with Crippen LogP contribution in [0.2, 0.25) is 0 Å². The van der Waals surface area contributed by atoms with Gasteiger partial charge in [0.1, 0.15) is 5.75 Å². The normalized spacial score (nSPS) is 11.6. The predicted molar refractivity (Wildman–Crippen MR) is 99.9 cm³/mol. The number of amides is 1. The Hall–Kier alpha value is -3.07. The van der Waals surface area contributed by atoms with Crippen molar-refractivity contribution in [1.29, 1.82) is 0 Å². The molecule has 0 aromatic heterocycles. The van der Waals surface area contributed by atoms with Crippen LogP contribution in [0.4, 0.5) is 0 Å². The summed E-state index contributed by atoms with van der Waals surface area (Å²) in [5.74, 6) is 0.712. The summed E-state index contributed by atoms with van der Waals surface area (Å²) in [6.07, 6.45) is 0. The summed E-state index contributed by atoms with van der Waals surface area (Å²) in [6, 6.07) is 25.1. The fourth-order valence-electron chi connectivity index (χ4n) is 2.84. The average Bonchev–Trinajstić information content (AvgIpc) is 2.67. The topological polar surface area (TPSA) is 38.3 Å². The molecule has 1 N–H and O–H groups in total. The Kier molecular flexibility index (Phi) is 5.14. The fraction of sp³-hybridized carbons (Fsp3) is 0.136. The lowest BCUT2D eigenvalue weighted by atomic mass is 9.97. The molecular weight excluding hydrogens is 310 g/mol. The Labute approximate surface area is 148 Å². The van der Waals surface area contributed by atoms with Gasteiger partial charge < -0.3 is 10.1 Å². The molecular formula is C22H21NO2. The molecule has 0 unspecified atom stereocenters. The van der Waals surface area contributed by atoms with Gasteiger partial charge in [0.2, 0.25) is 0 Å². The molecule has 3 nitrogen and oxygen atoms in total. The van der Waals surface area contributed by atoms with Crippen molar-refractivity contribution in [3.05, 3.63) is 101 Å². The van der Waals surface area contributed by atoms with E-state index >= 15 is 0 Å². The second-order valence-corrected chi connectivity index (χ2v) is 5.91. The zero-order chi connectivity index (χ0) is 17.6. The molecule has 0 saturated heterocycles. The lowest BCUT2D eigenvalue weighted by Crippen LogP contribution is -2.29. The van der Waals surface area contributed by atoms with Crippen LogP contribution in [0.15, 0.2) is 78.9 Å². The molecule has 0 saturated carbocycles. The maximum atomic E-state index is 12.8. The summed E-state index contributed by atoms with van der Waals surface area (Å²) in [5.41, 5.74) is 3.70. The van der Waals surface area contributed by atoms with Gasteiger partial charge in [0.25, 0.3) is 5.91 Å². The number of methoxy groups -OCH3 is 1. The van der Waals surface area contributed by atoms with Gasteiger partial charge in [0.05, 0.1) is 13.2 Å². The molecule has 25 heavy (non-hydrogen) atoms. The van der Waals surface area contributed by atoms with E-state index in [0.717, 1.165) is 22.4 Å². The third kappa shape index (κ3) is 3.89. The molecule has 3 rings (SSSR count). The third-order valence-electron chi connectivity index (χ3n) is 4.25. The average molecular weight is 331 g/mol. The summed E-state index contributed by atoms with van der Waals surface area (Å²) in [7, 11) is 1.64. The van der Waals surface area contributed by atoms with Crippen molar-refractivity contribution in [2.75, 3.05) is 7.11 Å². The molecule has 3 aromatic rings. The predicted octanol–water partition coefficient (Wildman–Crippen LogP) is 4.52. The summed E-state index contributed by atoms with van der Waals surface area (Å²) in [4.78, 5) is 12.8. The van der Waals surface area contributed by atoms with Crippen LogP contribution in [-0.4, -0.2) is 13.0 Å². The number of rotatable bonds is 5. The number of hydrogen-bond acceptors (Lipinski definition) is 2. The lowest BCUT2D eigenvalue weighted by molar-refractivity contribution is 0.0942. The molecule has 0 radical (unpaired) electrons. The van der Waals surface area contributed by atoms with E-state index < -0.39 is 0 Å². The molecule has 1 amide bonds. The Bertz CT molecular complexity index is 841. The van der Waals surface area contributed by atoms with Crippen molar-refractivity contribution in [3.8, 4) is 5.75 Å². The molecule has 0 aliphatic heterocycles. The van der Waals surface area contributed by atoms with E-state index in [0.29, 0.717) is 5.56 Å². The van der Waals surface area contributed by atoms with Crippen molar-refractivity contribution in [2.45, 2.75) is 13.0 Å². The molecule has 3 heteroatoms. The van der Waals surface area contributed by atoms with E-state index in [1.54, 1.807) is 7.11 Å². The van der Waals surface area contributed by atoms with Gasteiger partial charge in [0, 0.05) is 5.56 Å². The summed E-state index contributed by atoms with van der Waals surface area (Å²) in [5, 5.41) is 3.16. The molecule has 0 spiro atoms. The van der Waals surface area contributed by atoms with Crippen LogP contribution in [0.5, 0.6) is 5.75 Å². The van der Waals surface area contributed by atoms with Gasteiger partial charge in [-0.1, -0.05) is 60.7 Å².